The number of benzene rings is 2. The normalized spacial score (nSPS) is 27.5. The third kappa shape index (κ3) is 9.80. The Bertz CT molecular complexity index is 1410. The molecule has 4 rings (SSSR count). The van der Waals surface area contributed by atoms with Crippen LogP contribution in [0.25, 0.3) is 0 Å². The van der Waals surface area contributed by atoms with Crippen LogP contribution in [0.3, 0.4) is 0 Å². The van der Waals surface area contributed by atoms with Crippen molar-refractivity contribution < 1.29 is 38.1 Å². The van der Waals surface area contributed by atoms with Crippen LogP contribution < -0.4 is 15.4 Å². The van der Waals surface area contributed by atoms with Crippen LogP contribution in [0.2, 0.25) is 5.02 Å². The summed E-state index contributed by atoms with van der Waals surface area (Å²) in [7, 11) is 1.51. The number of cyclic esters (lactones) is 2. The van der Waals surface area contributed by atoms with Crippen molar-refractivity contribution in [2.75, 3.05) is 7.11 Å². The van der Waals surface area contributed by atoms with E-state index in [1.807, 2.05) is 51.1 Å². The molecule has 2 aromatic carbocycles. The lowest BCUT2D eigenvalue weighted by molar-refractivity contribution is -0.174. The second-order valence-electron chi connectivity index (χ2n) is 12.4. The molecule has 0 radical (unpaired) electrons. The fourth-order valence-corrected chi connectivity index (χ4v) is 5.80. The molecule has 0 aromatic heterocycles. The molecule has 2 aromatic rings. The highest BCUT2D eigenvalue weighted by atomic mass is 35.5. The predicted octanol–water partition coefficient (Wildman–Crippen LogP) is 4.88. The Morgan fingerprint density at radius 3 is 2.41 bits per heavy atom. The molecule has 11 heteroatoms. The van der Waals surface area contributed by atoms with Gasteiger partial charge in [-0.25, -0.2) is 4.79 Å². The molecule has 2 heterocycles. The average Bonchev–Trinajstić information content (AvgIpc) is 3.80. The quantitative estimate of drug-likeness (QED) is 0.304. The van der Waals surface area contributed by atoms with E-state index in [9.17, 15) is 19.2 Å². The monoisotopic (exact) mass is 654 g/mol. The number of methoxy groups -OCH3 is 1. The van der Waals surface area contributed by atoms with Gasteiger partial charge in [-0.15, -0.1) is 0 Å². The van der Waals surface area contributed by atoms with Gasteiger partial charge in [-0.05, 0) is 48.6 Å². The van der Waals surface area contributed by atoms with Crippen LogP contribution >= 0.6 is 11.6 Å². The Kier molecular flexibility index (Phi) is 12.2. The first-order valence-electron chi connectivity index (χ1n) is 15.6. The summed E-state index contributed by atoms with van der Waals surface area (Å²) in [6.45, 7) is 7.42. The number of rotatable bonds is 8. The second-order valence-corrected chi connectivity index (χ2v) is 12.8. The molecular formula is C35H43ClN2O8. The fourth-order valence-electron chi connectivity index (χ4n) is 5.52. The number of esters is 2. The maximum Gasteiger partial charge on any atom is 0.347 e. The Morgan fingerprint density at radius 1 is 1.00 bits per heavy atom. The van der Waals surface area contributed by atoms with Crippen molar-refractivity contribution in [2.45, 2.75) is 89.9 Å². The minimum absolute atomic E-state index is 0.0361. The topological polar surface area (TPSA) is 133 Å². The maximum absolute atomic E-state index is 13.4. The van der Waals surface area contributed by atoms with E-state index in [4.69, 9.17) is 30.5 Å². The molecule has 0 bridgehead atoms. The maximum atomic E-state index is 13.4. The average molecular weight is 655 g/mol. The second kappa shape index (κ2) is 16.1. The van der Waals surface area contributed by atoms with Gasteiger partial charge < -0.3 is 29.6 Å². The molecule has 46 heavy (non-hydrogen) atoms. The van der Waals surface area contributed by atoms with Gasteiger partial charge in [0.05, 0.1) is 24.7 Å². The van der Waals surface area contributed by atoms with Gasteiger partial charge in [0, 0.05) is 24.8 Å². The minimum Gasteiger partial charge on any atom is -0.495 e. The number of nitrogens with one attached hydrogen (secondary N) is 2. The van der Waals surface area contributed by atoms with Crippen molar-refractivity contribution in [3.63, 3.8) is 0 Å². The molecule has 10 nitrogen and oxygen atoms in total. The largest absolute Gasteiger partial charge is 0.495 e. The zero-order chi connectivity index (χ0) is 33.4. The van der Waals surface area contributed by atoms with Gasteiger partial charge in [-0.2, -0.15) is 0 Å². The van der Waals surface area contributed by atoms with Gasteiger partial charge in [0.15, 0.2) is 6.10 Å². The van der Waals surface area contributed by atoms with Crippen LogP contribution in [0.4, 0.5) is 0 Å². The molecule has 1 fully saturated rings. The van der Waals surface area contributed by atoms with Crippen molar-refractivity contribution in [3.8, 4) is 5.75 Å². The molecule has 1 saturated heterocycles. The van der Waals surface area contributed by atoms with Gasteiger partial charge in [-0.1, -0.05) is 74.8 Å². The highest BCUT2D eigenvalue weighted by molar-refractivity contribution is 6.32. The number of hydrogen-bond donors (Lipinski definition) is 2. The SMILES string of the molecule is COc1ccc(C[C@H]2NC(=O)/C=C/C[C@@H]([C@H](C)C3O[C@H]3c3ccccc3)OC(=O)[C@H](CC(C)C)OC(=O)C[C@@H](C)NC2=O)cc1Cl. The molecule has 2 amide bonds. The van der Waals surface area contributed by atoms with Gasteiger partial charge in [0.2, 0.25) is 11.8 Å². The summed E-state index contributed by atoms with van der Waals surface area (Å²) in [4.78, 5) is 52.9. The van der Waals surface area contributed by atoms with E-state index in [2.05, 4.69) is 10.6 Å². The molecule has 0 saturated carbocycles. The van der Waals surface area contributed by atoms with E-state index in [1.165, 1.54) is 13.2 Å². The summed E-state index contributed by atoms with van der Waals surface area (Å²) < 4.78 is 22.9. The van der Waals surface area contributed by atoms with Crippen molar-refractivity contribution in [3.05, 3.63) is 76.8 Å². The molecule has 0 spiro atoms. The van der Waals surface area contributed by atoms with Crippen LogP contribution in [0, 0.1) is 11.8 Å². The number of halogens is 1. The smallest absolute Gasteiger partial charge is 0.347 e. The molecule has 7 atom stereocenters. The van der Waals surface area contributed by atoms with E-state index >= 15 is 0 Å². The Labute approximate surface area is 275 Å². The van der Waals surface area contributed by atoms with E-state index in [0.717, 1.165) is 5.56 Å². The van der Waals surface area contributed by atoms with Gasteiger partial charge in [0.25, 0.3) is 0 Å². The molecule has 0 aliphatic carbocycles. The summed E-state index contributed by atoms with van der Waals surface area (Å²) in [5.41, 5.74) is 1.73. The van der Waals surface area contributed by atoms with Crippen LogP contribution in [0.1, 0.15) is 64.2 Å². The van der Waals surface area contributed by atoms with Crippen molar-refractivity contribution >= 4 is 35.4 Å². The molecule has 2 N–H and O–H groups in total. The van der Waals surface area contributed by atoms with Crippen LogP contribution in [0.15, 0.2) is 60.7 Å². The third-order valence-electron chi connectivity index (χ3n) is 8.04. The van der Waals surface area contributed by atoms with Gasteiger partial charge >= 0.3 is 11.9 Å². The number of epoxide rings is 1. The lowest BCUT2D eigenvalue weighted by atomic mass is 9.93. The third-order valence-corrected chi connectivity index (χ3v) is 8.33. The fraction of sp³-hybridized carbons (Fsp3) is 0.486. The van der Waals surface area contributed by atoms with Crippen LogP contribution in [-0.2, 0) is 39.8 Å². The van der Waals surface area contributed by atoms with Crippen LogP contribution in [0.5, 0.6) is 5.75 Å². The summed E-state index contributed by atoms with van der Waals surface area (Å²) in [6.07, 6.45) is 1.23. The van der Waals surface area contributed by atoms with E-state index in [-0.39, 0.29) is 49.7 Å². The summed E-state index contributed by atoms with van der Waals surface area (Å²) in [5, 5.41) is 5.91. The Balaban J connectivity index is 1.58. The number of hydrogen-bond acceptors (Lipinski definition) is 8. The summed E-state index contributed by atoms with van der Waals surface area (Å²) in [6, 6.07) is 13.3. The lowest BCUT2D eigenvalue weighted by Crippen LogP contribution is -2.50. The lowest BCUT2D eigenvalue weighted by Gasteiger charge is -2.26. The predicted molar refractivity (Wildman–Crippen MR) is 172 cm³/mol. The highest BCUT2D eigenvalue weighted by Gasteiger charge is 2.47. The number of amides is 2. The van der Waals surface area contributed by atoms with Crippen LogP contribution in [-0.4, -0.2) is 61.3 Å². The van der Waals surface area contributed by atoms with Crippen molar-refractivity contribution in [1.29, 1.82) is 0 Å². The van der Waals surface area contributed by atoms with E-state index in [0.29, 0.717) is 16.3 Å². The molecule has 248 valence electrons. The summed E-state index contributed by atoms with van der Waals surface area (Å²) >= 11 is 6.30. The summed E-state index contributed by atoms with van der Waals surface area (Å²) in [5.74, 6) is -2.01. The van der Waals surface area contributed by atoms with Crippen molar-refractivity contribution in [1.82, 2.24) is 10.6 Å². The molecule has 2 aliphatic rings. The van der Waals surface area contributed by atoms with Gasteiger partial charge in [-0.3, -0.25) is 14.4 Å². The number of carbonyl (C=O) groups excluding carboxylic acids is 4. The van der Waals surface area contributed by atoms with Gasteiger partial charge in [0.1, 0.15) is 24.0 Å². The Morgan fingerprint density at radius 2 is 1.74 bits per heavy atom. The Hall–Kier alpha value is -3.89. The first kappa shape index (κ1) is 35.0. The van der Waals surface area contributed by atoms with E-state index < -0.39 is 48.0 Å². The zero-order valence-electron chi connectivity index (χ0n) is 26.9. The van der Waals surface area contributed by atoms with E-state index in [1.54, 1.807) is 31.2 Å². The minimum atomic E-state index is -1.12. The van der Waals surface area contributed by atoms with Crippen molar-refractivity contribution in [2.24, 2.45) is 11.8 Å². The standard InChI is InChI=1S/C35H43ClN2O8/c1-20(2)16-29-35(42)45-27(22(4)32-33(46-32)24-10-7-6-8-11-24)12-9-13-30(39)38-26(34(41)37-21(3)17-31(40)44-29)19-23-14-15-28(43-5)25(36)18-23/h6-11,13-15,18,20-22,26-27,29,32-33H,12,16-17,19H2,1-5H3,(H,37,41)(H,38,39)/b13-9+/t21-,22+,26-,27+,29+,32?,33+/m1/s1. The first-order valence-corrected chi connectivity index (χ1v) is 16.0. The molecule has 1 unspecified atom stereocenters. The zero-order valence-corrected chi connectivity index (χ0v) is 27.6. The molecule has 2 aliphatic heterocycles. The molecular weight excluding hydrogens is 612 g/mol. The number of carbonyl (C=O) groups is 4. The number of ether oxygens (including phenoxy) is 4. The first-order chi connectivity index (χ1) is 21.9. The highest BCUT2D eigenvalue weighted by Crippen LogP contribution is 2.45.